The topological polar surface area (TPSA) is 54.0 Å². The first kappa shape index (κ1) is 19.7. The molecule has 1 saturated heterocycles. The minimum absolute atomic E-state index is 0.0693. The van der Waals surface area contributed by atoms with E-state index >= 15 is 0 Å². The molecular weight excluding hydrogens is 366 g/mol. The van der Waals surface area contributed by atoms with Gasteiger partial charge in [0.25, 0.3) is 0 Å². The number of nitrogens with one attached hydrogen (secondary N) is 1. The van der Waals surface area contributed by atoms with Crippen molar-refractivity contribution in [3.63, 3.8) is 0 Å². The van der Waals surface area contributed by atoms with Gasteiger partial charge in [0.15, 0.2) is 0 Å². The first-order valence-corrected chi connectivity index (χ1v) is 10.3. The molecule has 0 aromatic heterocycles. The molecule has 2 aromatic rings. The van der Waals surface area contributed by atoms with Crippen LogP contribution in [-0.2, 0) is 24.3 Å². The maximum atomic E-state index is 12.3. The molecule has 2 aliphatic heterocycles. The van der Waals surface area contributed by atoms with Gasteiger partial charge in [-0.05, 0) is 34.9 Å². The van der Waals surface area contributed by atoms with Gasteiger partial charge in [-0.2, -0.15) is 0 Å². The zero-order chi connectivity index (χ0) is 20.1. The Bertz CT molecular complexity index is 847. The Hall–Kier alpha value is -2.57. The highest BCUT2D eigenvalue weighted by molar-refractivity contribution is 5.78. The monoisotopic (exact) mass is 395 g/mol. The number of piperazine rings is 1. The van der Waals surface area contributed by atoms with Crippen molar-refractivity contribution in [1.82, 2.24) is 15.1 Å². The molecule has 6 heteroatoms. The van der Waals surface area contributed by atoms with Crippen molar-refractivity contribution in [2.45, 2.75) is 19.5 Å². The van der Waals surface area contributed by atoms with Crippen LogP contribution < -0.4 is 14.8 Å². The summed E-state index contributed by atoms with van der Waals surface area (Å²) in [6.45, 7) is 6.54. The van der Waals surface area contributed by atoms with Gasteiger partial charge < -0.3 is 14.8 Å². The first-order chi connectivity index (χ1) is 14.2. The maximum Gasteiger partial charge on any atom is 0.234 e. The van der Waals surface area contributed by atoms with Gasteiger partial charge in [-0.1, -0.05) is 24.3 Å². The molecule has 2 aliphatic rings. The van der Waals surface area contributed by atoms with E-state index in [0.717, 1.165) is 62.8 Å². The van der Waals surface area contributed by atoms with Crippen molar-refractivity contribution in [2.24, 2.45) is 0 Å². The van der Waals surface area contributed by atoms with Gasteiger partial charge in [-0.15, -0.1) is 0 Å². The largest absolute Gasteiger partial charge is 0.497 e. The molecule has 0 bridgehead atoms. The van der Waals surface area contributed by atoms with Crippen LogP contribution >= 0.6 is 0 Å². The number of ether oxygens (including phenoxy) is 2. The quantitative estimate of drug-likeness (QED) is 0.778. The Kier molecular flexibility index (Phi) is 6.32. The van der Waals surface area contributed by atoms with Gasteiger partial charge in [0.1, 0.15) is 11.5 Å². The van der Waals surface area contributed by atoms with E-state index in [0.29, 0.717) is 13.1 Å². The Morgan fingerprint density at radius 3 is 2.72 bits per heavy atom. The average Bonchev–Trinajstić information content (AvgIpc) is 3.22. The van der Waals surface area contributed by atoms with E-state index in [1.165, 1.54) is 11.1 Å². The number of methoxy groups -OCH3 is 1. The third-order valence-corrected chi connectivity index (χ3v) is 5.62. The minimum Gasteiger partial charge on any atom is -0.497 e. The average molecular weight is 396 g/mol. The van der Waals surface area contributed by atoms with E-state index in [9.17, 15) is 4.79 Å². The molecule has 2 aromatic carbocycles. The molecule has 154 valence electrons. The van der Waals surface area contributed by atoms with Crippen molar-refractivity contribution in [1.29, 1.82) is 0 Å². The zero-order valence-electron chi connectivity index (χ0n) is 17.0. The first-order valence-electron chi connectivity index (χ1n) is 10.3. The molecule has 0 spiro atoms. The smallest absolute Gasteiger partial charge is 0.234 e. The van der Waals surface area contributed by atoms with Gasteiger partial charge in [-0.25, -0.2) is 0 Å². The summed E-state index contributed by atoms with van der Waals surface area (Å²) >= 11 is 0. The van der Waals surface area contributed by atoms with Crippen molar-refractivity contribution >= 4 is 5.91 Å². The van der Waals surface area contributed by atoms with E-state index in [1.807, 2.05) is 24.3 Å². The molecule has 0 atom stereocenters. The summed E-state index contributed by atoms with van der Waals surface area (Å²) in [7, 11) is 1.65. The van der Waals surface area contributed by atoms with Gasteiger partial charge in [0, 0.05) is 45.7 Å². The normalized spacial score (nSPS) is 16.9. The second-order valence-corrected chi connectivity index (χ2v) is 7.72. The lowest BCUT2D eigenvalue weighted by Crippen LogP contribution is -2.49. The van der Waals surface area contributed by atoms with Crippen LogP contribution in [0.25, 0.3) is 0 Å². The predicted octanol–water partition coefficient (Wildman–Crippen LogP) is 2.06. The number of carbonyl (C=O) groups excluding carboxylic acids is 1. The fraction of sp³-hybridized carbons (Fsp3) is 0.435. The number of nitrogens with zero attached hydrogens (tertiary/aromatic N) is 2. The summed E-state index contributed by atoms with van der Waals surface area (Å²) in [4.78, 5) is 17.0. The van der Waals surface area contributed by atoms with Crippen LogP contribution in [0, 0.1) is 0 Å². The third-order valence-electron chi connectivity index (χ3n) is 5.62. The number of rotatable bonds is 7. The van der Waals surface area contributed by atoms with Crippen LogP contribution in [0.2, 0.25) is 0 Å². The van der Waals surface area contributed by atoms with Crippen LogP contribution in [0.1, 0.15) is 16.7 Å². The Morgan fingerprint density at radius 1 is 1.07 bits per heavy atom. The molecule has 1 fully saturated rings. The van der Waals surface area contributed by atoms with Crippen molar-refractivity contribution in [3.8, 4) is 11.5 Å². The number of hydrogen-bond acceptors (Lipinski definition) is 5. The molecule has 0 radical (unpaired) electrons. The van der Waals surface area contributed by atoms with Crippen molar-refractivity contribution in [3.05, 3.63) is 59.2 Å². The van der Waals surface area contributed by atoms with Gasteiger partial charge in [-0.3, -0.25) is 14.6 Å². The zero-order valence-corrected chi connectivity index (χ0v) is 17.0. The van der Waals surface area contributed by atoms with Crippen LogP contribution in [0.3, 0.4) is 0 Å². The highest BCUT2D eigenvalue weighted by Gasteiger charge is 2.20. The maximum absolute atomic E-state index is 12.3. The molecule has 4 rings (SSSR count). The third kappa shape index (κ3) is 5.28. The van der Waals surface area contributed by atoms with Crippen molar-refractivity contribution in [2.75, 3.05) is 46.4 Å². The molecule has 0 saturated carbocycles. The molecule has 2 heterocycles. The molecule has 0 aliphatic carbocycles. The van der Waals surface area contributed by atoms with E-state index < -0.39 is 0 Å². The lowest BCUT2D eigenvalue weighted by atomic mass is 10.1. The fourth-order valence-electron chi connectivity index (χ4n) is 3.94. The summed E-state index contributed by atoms with van der Waals surface area (Å²) in [6, 6.07) is 14.3. The molecular formula is C23H29N3O3. The number of amides is 1. The standard InChI is InChI=1S/C23H29N3O3/c1-28-21-4-2-3-18(14-21)15-24-23(27)17-26-10-8-25(9-11-26)16-19-5-6-22-20(13-19)7-12-29-22/h2-6,13-14H,7-12,15-17H2,1H3,(H,24,27). The van der Waals surface area contributed by atoms with E-state index in [-0.39, 0.29) is 5.91 Å². The van der Waals surface area contributed by atoms with Crippen LogP contribution in [0.4, 0.5) is 0 Å². The number of carbonyl (C=O) groups is 1. The predicted molar refractivity (Wildman–Crippen MR) is 112 cm³/mol. The SMILES string of the molecule is COc1cccc(CNC(=O)CN2CCN(Cc3ccc4c(c3)CCO4)CC2)c1. The molecule has 1 amide bonds. The van der Waals surface area contributed by atoms with E-state index in [1.54, 1.807) is 7.11 Å². The summed E-state index contributed by atoms with van der Waals surface area (Å²) in [5.41, 5.74) is 3.72. The summed E-state index contributed by atoms with van der Waals surface area (Å²) < 4.78 is 10.8. The van der Waals surface area contributed by atoms with Gasteiger partial charge in [0.2, 0.25) is 5.91 Å². The Morgan fingerprint density at radius 2 is 1.90 bits per heavy atom. The van der Waals surface area contributed by atoms with Crippen LogP contribution in [-0.4, -0.2) is 62.1 Å². The van der Waals surface area contributed by atoms with E-state index in [4.69, 9.17) is 9.47 Å². The second-order valence-electron chi connectivity index (χ2n) is 7.72. The summed E-state index contributed by atoms with van der Waals surface area (Å²) in [6.07, 6.45) is 1.02. The van der Waals surface area contributed by atoms with Crippen molar-refractivity contribution < 1.29 is 14.3 Å². The van der Waals surface area contributed by atoms with Gasteiger partial charge in [0.05, 0.1) is 20.3 Å². The number of hydrogen-bond donors (Lipinski definition) is 1. The summed E-state index contributed by atoms with van der Waals surface area (Å²) in [5.74, 6) is 1.92. The Labute approximate surface area is 172 Å². The fourth-order valence-corrected chi connectivity index (χ4v) is 3.94. The molecule has 0 unspecified atom stereocenters. The van der Waals surface area contributed by atoms with Gasteiger partial charge >= 0.3 is 0 Å². The molecule has 6 nitrogen and oxygen atoms in total. The second kappa shape index (κ2) is 9.29. The van der Waals surface area contributed by atoms with Crippen LogP contribution in [0.5, 0.6) is 11.5 Å². The number of benzene rings is 2. The summed E-state index contributed by atoms with van der Waals surface area (Å²) in [5, 5.41) is 3.01. The highest BCUT2D eigenvalue weighted by atomic mass is 16.5. The lowest BCUT2D eigenvalue weighted by Gasteiger charge is -2.34. The molecule has 1 N–H and O–H groups in total. The Balaban J connectivity index is 1.19. The molecule has 29 heavy (non-hydrogen) atoms. The highest BCUT2D eigenvalue weighted by Crippen LogP contribution is 2.26. The van der Waals surface area contributed by atoms with Crippen LogP contribution in [0.15, 0.2) is 42.5 Å². The van der Waals surface area contributed by atoms with E-state index in [2.05, 4.69) is 33.3 Å². The number of fused-ring (bicyclic) bond motifs is 1. The minimum atomic E-state index is 0.0693. The lowest BCUT2D eigenvalue weighted by molar-refractivity contribution is -0.122.